The molecular formula is C17H21NO7S. The lowest BCUT2D eigenvalue weighted by atomic mass is 10.2. The summed E-state index contributed by atoms with van der Waals surface area (Å²) in [5, 5.41) is 9.27. The van der Waals surface area contributed by atoms with E-state index >= 15 is 0 Å². The lowest BCUT2D eigenvalue weighted by molar-refractivity contribution is -0.134. The van der Waals surface area contributed by atoms with Gasteiger partial charge in [0.1, 0.15) is 17.4 Å². The molecule has 0 unspecified atom stereocenters. The quantitative estimate of drug-likeness (QED) is 0.794. The molecule has 9 heteroatoms. The van der Waals surface area contributed by atoms with Gasteiger partial charge in [0.25, 0.3) is 10.1 Å². The molecule has 2 rings (SSSR count). The summed E-state index contributed by atoms with van der Waals surface area (Å²) in [5.41, 5.74) is -0.328. The zero-order valence-corrected chi connectivity index (χ0v) is 15.7. The minimum atomic E-state index is -4.11. The second-order valence-corrected chi connectivity index (χ2v) is 8.42. The highest BCUT2D eigenvalue weighted by Crippen LogP contribution is 2.24. The maximum absolute atomic E-state index is 12.3. The van der Waals surface area contributed by atoms with Crippen molar-refractivity contribution in [3.05, 3.63) is 41.6 Å². The monoisotopic (exact) mass is 383 g/mol. The van der Waals surface area contributed by atoms with Gasteiger partial charge in [-0.25, -0.2) is 9.59 Å². The number of ether oxygens (including phenoxy) is 1. The highest BCUT2D eigenvalue weighted by Gasteiger charge is 2.37. The molecule has 0 saturated carbocycles. The number of carboxylic acids is 1. The second-order valence-electron chi connectivity index (χ2n) is 6.85. The lowest BCUT2D eigenvalue weighted by Gasteiger charge is -2.25. The van der Waals surface area contributed by atoms with Gasteiger partial charge in [-0.2, -0.15) is 8.42 Å². The van der Waals surface area contributed by atoms with Crippen LogP contribution in [-0.4, -0.2) is 48.7 Å². The number of aryl methyl sites for hydroxylation is 1. The van der Waals surface area contributed by atoms with Crippen LogP contribution < -0.4 is 0 Å². The summed E-state index contributed by atoms with van der Waals surface area (Å²) in [7, 11) is -4.11. The largest absolute Gasteiger partial charge is 0.477 e. The van der Waals surface area contributed by atoms with Crippen LogP contribution in [0.25, 0.3) is 0 Å². The molecule has 1 N–H and O–H groups in total. The number of benzene rings is 1. The van der Waals surface area contributed by atoms with Crippen LogP contribution in [0, 0.1) is 6.92 Å². The Morgan fingerprint density at radius 1 is 1.19 bits per heavy atom. The molecule has 0 spiro atoms. The minimum Gasteiger partial charge on any atom is -0.477 e. The SMILES string of the molecule is Cc1ccc(S(=O)(=O)O[C@@H]2C=C(C(=O)O)N(C(=O)OC(C)(C)C)C2)cc1. The minimum absolute atomic E-state index is 0.0518. The van der Waals surface area contributed by atoms with Crippen LogP contribution in [0.2, 0.25) is 0 Å². The number of rotatable bonds is 4. The summed E-state index contributed by atoms with van der Waals surface area (Å²) in [6.45, 7) is 6.46. The van der Waals surface area contributed by atoms with Gasteiger partial charge in [-0.05, 0) is 45.9 Å². The fourth-order valence-electron chi connectivity index (χ4n) is 2.26. The summed E-state index contributed by atoms with van der Waals surface area (Å²) in [5.74, 6) is -1.38. The third-order valence-electron chi connectivity index (χ3n) is 3.39. The predicted molar refractivity (Wildman–Crippen MR) is 91.9 cm³/mol. The third-order valence-corrected chi connectivity index (χ3v) is 4.74. The van der Waals surface area contributed by atoms with Gasteiger partial charge in [0.15, 0.2) is 0 Å². The lowest BCUT2D eigenvalue weighted by Crippen LogP contribution is -2.38. The zero-order valence-electron chi connectivity index (χ0n) is 14.9. The maximum Gasteiger partial charge on any atom is 0.415 e. The maximum atomic E-state index is 12.3. The van der Waals surface area contributed by atoms with E-state index < -0.39 is 33.9 Å². The Morgan fingerprint density at radius 3 is 2.27 bits per heavy atom. The van der Waals surface area contributed by atoms with Crippen molar-refractivity contribution in [2.75, 3.05) is 6.54 Å². The topological polar surface area (TPSA) is 110 Å². The van der Waals surface area contributed by atoms with Crippen molar-refractivity contribution in [3.63, 3.8) is 0 Å². The zero-order chi connectivity index (χ0) is 19.7. The first-order valence-electron chi connectivity index (χ1n) is 7.84. The molecule has 1 atom stereocenters. The van der Waals surface area contributed by atoms with Crippen LogP contribution in [-0.2, 0) is 23.8 Å². The first kappa shape index (κ1) is 19.9. The third kappa shape index (κ3) is 4.83. The van der Waals surface area contributed by atoms with E-state index in [9.17, 15) is 23.1 Å². The standard InChI is InChI=1S/C17H21NO7S/c1-11-5-7-13(8-6-11)26(22,23)25-12-9-14(15(19)20)18(10-12)16(21)24-17(2,3)4/h5-9,12H,10H2,1-4H3,(H,19,20)/t12-/m1/s1. The molecule has 0 saturated heterocycles. The van der Waals surface area contributed by atoms with E-state index in [4.69, 9.17) is 8.92 Å². The number of amides is 1. The van der Waals surface area contributed by atoms with Gasteiger partial charge in [-0.15, -0.1) is 0 Å². The molecule has 1 amide bonds. The Bertz CT molecular complexity index is 835. The first-order valence-corrected chi connectivity index (χ1v) is 9.25. The first-order chi connectivity index (χ1) is 11.9. The van der Waals surface area contributed by atoms with Gasteiger partial charge in [0.2, 0.25) is 0 Å². The molecule has 0 bridgehead atoms. The average Bonchev–Trinajstić information content (AvgIpc) is 2.89. The van der Waals surface area contributed by atoms with E-state index in [1.807, 2.05) is 6.92 Å². The fourth-order valence-corrected chi connectivity index (χ4v) is 3.28. The van der Waals surface area contributed by atoms with Crippen molar-refractivity contribution in [2.24, 2.45) is 0 Å². The second kappa shape index (κ2) is 7.08. The number of hydrogen-bond donors (Lipinski definition) is 1. The molecule has 0 fully saturated rings. The Labute approximate surface area is 152 Å². The summed E-state index contributed by atoms with van der Waals surface area (Å²) < 4.78 is 35.0. The number of carbonyl (C=O) groups is 2. The highest BCUT2D eigenvalue weighted by atomic mass is 32.2. The smallest absolute Gasteiger partial charge is 0.415 e. The average molecular weight is 383 g/mol. The Hall–Kier alpha value is -2.39. The fraction of sp³-hybridized carbons (Fsp3) is 0.412. The highest BCUT2D eigenvalue weighted by molar-refractivity contribution is 7.86. The predicted octanol–water partition coefficient (Wildman–Crippen LogP) is 2.29. The van der Waals surface area contributed by atoms with Crippen molar-refractivity contribution in [1.82, 2.24) is 4.90 Å². The van der Waals surface area contributed by atoms with Crippen molar-refractivity contribution in [3.8, 4) is 0 Å². The van der Waals surface area contributed by atoms with E-state index in [2.05, 4.69) is 0 Å². The van der Waals surface area contributed by atoms with Crippen LogP contribution in [0.3, 0.4) is 0 Å². The van der Waals surface area contributed by atoms with Gasteiger partial charge in [0.05, 0.1) is 11.4 Å². The number of carboxylic acid groups (broad SMARTS) is 1. The summed E-state index contributed by atoms with van der Waals surface area (Å²) >= 11 is 0. The van der Waals surface area contributed by atoms with Gasteiger partial charge >= 0.3 is 12.1 Å². The summed E-state index contributed by atoms with van der Waals surface area (Å²) in [4.78, 5) is 24.4. The van der Waals surface area contributed by atoms with E-state index in [1.54, 1.807) is 32.9 Å². The molecule has 142 valence electrons. The summed E-state index contributed by atoms with van der Waals surface area (Å²) in [6, 6.07) is 6.03. The van der Waals surface area contributed by atoms with Gasteiger partial charge in [-0.3, -0.25) is 9.08 Å². The van der Waals surface area contributed by atoms with E-state index in [1.165, 1.54) is 12.1 Å². The Balaban J connectivity index is 2.20. The van der Waals surface area contributed by atoms with Crippen LogP contribution in [0.1, 0.15) is 26.3 Å². The summed E-state index contributed by atoms with van der Waals surface area (Å²) in [6.07, 6.45) is -0.928. The van der Waals surface area contributed by atoms with Crippen LogP contribution in [0.4, 0.5) is 4.79 Å². The van der Waals surface area contributed by atoms with Crippen LogP contribution in [0.5, 0.6) is 0 Å². The van der Waals surface area contributed by atoms with Gasteiger partial charge < -0.3 is 9.84 Å². The molecule has 0 aliphatic carbocycles. The Morgan fingerprint density at radius 2 is 1.77 bits per heavy atom. The number of hydrogen-bond acceptors (Lipinski definition) is 6. The van der Waals surface area contributed by atoms with E-state index in [0.29, 0.717) is 0 Å². The van der Waals surface area contributed by atoms with Gasteiger partial charge in [-0.1, -0.05) is 17.7 Å². The molecule has 1 aliphatic rings. The molecule has 1 aromatic rings. The normalized spacial score (nSPS) is 17.8. The van der Waals surface area contributed by atoms with E-state index in [-0.39, 0.29) is 17.1 Å². The molecule has 1 aromatic carbocycles. The molecule has 1 aliphatic heterocycles. The number of carbonyl (C=O) groups excluding carboxylic acids is 1. The van der Waals surface area contributed by atoms with Crippen LogP contribution in [0.15, 0.2) is 40.9 Å². The van der Waals surface area contributed by atoms with Crippen molar-refractivity contribution >= 4 is 22.2 Å². The molecule has 0 radical (unpaired) electrons. The number of nitrogens with zero attached hydrogens (tertiary/aromatic N) is 1. The molecule has 8 nitrogen and oxygen atoms in total. The van der Waals surface area contributed by atoms with E-state index in [0.717, 1.165) is 16.5 Å². The Kier molecular flexibility index (Phi) is 5.43. The number of aliphatic carboxylic acids is 1. The van der Waals surface area contributed by atoms with Crippen LogP contribution >= 0.6 is 0 Å². The molecule has 26 heavy (non-hydrogen) atoms. The van der Waals surface area contributed by atoms with Crippen molar-refractivity contribution in [2.45, 2.75) is 44.3 Å². The van der Waals surface area contributed by atoms with Crippen molar-refractivity contribution in [1.29, 1.82) is 0 Å². The molecule has 0 aromatic heterocycles. The van der Waals surface area contributed by atoms with Gasteiger partial charge in [0, 0.05) is 0 Å². The molecular weight excluding hydrogens is 362 g/mol. The molecule has 1 heterocycles. The van der Waals surface area contributed by atoms with Crippen molar-refractivity contribution < 1.29 is 32.0 Å².